The molecule has 2 atom stereocenters. The van der Waals surface area contributed by atoms with Crippen molar-refractivity contribution in [2.24, 2.45) is 5.92 Å². The van der Waals surface area contributed by atoms with Crippen LogP contribution in [0, 0.1) is 9.49 Å². The van der Waals surface area contributed by atoms with Gasteiger partial charge >= 0.3 is 0 Å². The van der Waals surface area contributed by atoms with Gasteiger partial charge in [-0.1, -0.05) is 26.0 Å². The van der Waals surface area contributed by atoms with Crippen LogP contribution in [0.2, 0.25) is 0 Å². The number of hydrogen-bond acceptors (Lipinski definition) is 4. The van der Waals surface area contributed by atoms with Gasteiger partial charge in [0, 0.05) is 21.4 Å². The van der Waals surface area contributed by atoms with Crippen molar-refractivity contribution >= 4 is 40.3 Å². The van der Waals surface area contributed by atoms with Gasteiger partial charge < -0.3 is 5.32 Å². The number of carbonyl (C=O) groups excluding carboxylic acids is 1. The largest absolute Gasteiger partial charge is 0.367 e. The number of benzene rings is 1. The third-order valence-corrected chi connectivity index (χ3v) is 6.04. The van der Waals surface area contributed by atoms with Crippen LogP contribution in [-0.4, -0.2) is 26.9 Å². The first-order chi connectivity index (χ1) is 13.0. The van der Waals surface area contributed by atoms with Crippen molar-refractivity contribution in [3.05, 3.63) is 56.9 Å². The first-order valence-corrected chi connectivity index (χ1v) is 10.5. The molecule has 0 saturated heterocycles. The normalized spacial score (nSPS) is 16.3. The summed E-state index contributed by atoms with van der Waals surface area (Å²) in [5.41, 5.74) is 3.53. The van der Waals surface area contributed by atoms with Crippen LogP contribution < -0.4 is 5.32 Å². The van der Waals surface area contributed by atoms with Crippen molar-refractivity contribution in [1.82, 2.24) is 14.6 Å². The van der Waals surface area contributed by atoms with Gasteiger partial charge in [0.15, 0.2) is 11.9 Å². The summed E-state index contributed by atoms with van der Waals surface area (Å²) in [7, 11) is 0. The minimum absolute atomic E-state index is 0.424. The lowest BCUT2D eigenvalue weighted by atomic mass is 9.86. The molecule has 0 aliphatic heterocycles. The maximum absolute atomic E-state index is 11.4. The van der Waals surface area contributed by atoms with Crippen LogP contribution in [0.3, 0.4) is 0 Å². The van der Waals surface area contributed by atoms with Gasteiger partial charge in [-0.25, -0.2) is 4.98 Å². The van der Waals surface area contributed by atoms with Crippen LogP contribution in [0.15, 0.2) is 36.5 Å². The first kappa shape index (κ1) is 18.4. The van der Waals surface area contributed by atoms with Crippen molar-refractivity contribution < 1.29 is 4.79 Å². The third-order valence-electron chi connectivity index (χ3n) is 5.37. The minimum atomic E-state index is 0.424. The van der Waals surface area contributed by atoms with Crippen LogP contribution in [0.25, 0.3) is 5.65 Å². The highest BCUT2D eigenvalue weighted by molar-refractivity contribution is 14.1. The highest BCUT2D eigenvalue weighted by Gasteiger charge is 2.24. The van der Waals surface area contributed by atoms with E-state index in [4.69, 9.17) is 4.98 Å². The molecule has 6 heteroatoms. The Balaban J connectivity index is 1.63. The Morgan fingerprint density at radius 3 is 2.85 bits per heavy atom. The van der Waals surface area contributed by atoms with Gasteiger partial charge in [0.2, 0.25) is 0 Å². The van der Waals surface area contributed by atoms with Crippen molar-refractivity contribution in [3.63, 3.8) is 0 Å². The van der Waals surface area contributed by atoms with Crippen molar-refractivity contribution in [3.8, 4) is 0 Å². The van der Waals surface area contributed by atoms with Crippen LogP contribution in [0.1, 0.15) is 54.2 Å². The Labute approximate surface area is 172 Å². The molecule has 0 amide bonds. The van der Waals surface area contributed by atoms with Gasteiger partial charge in [-0.3, -0.25) is 4.79 Å². The second-order valence-electron chi connectivity index (χ2n) is 7.53. The van der Waals surface area contributed by atoms with E-state index in [1.807, 2.05) is 0 Å². The summed E-state index contributed by atoms with van der Waals surface area (Å²) in [6.45, 7) is 4.54. The predicted octanol–water partition coefficient (Wildman–Crippen LogP) is 4.70. The lowest BCUT2D eigenvalue weighted by molar-refractivity contribution is 0.112. The van der Waals surface area contributed by atoms with E-state index >= 15 is 0 Å². The molecule has 2 heterocycles. The lowest BCUT2D eigenvalue weighted by Gasteiger charge is -2.21. The Morgan fingerprint density at radius 1 is 1.33 bits per heavy atom. The maximum Gasteiger partial charge on any atom is 0.168 e. The molecule has 1 fully saturated rings. The summed E-state index contributed by atoms with van der Waals surface area (Å²) >= 11 is 2.36. The number of anilines is 1. The van der Waals surface area contributed by atoms with Gasteiger partial charge in [0.25, 0.3) is 0 Å². The molecule has 2 unspecified atom stereocenters. The molecular formula is C21H23IN4O. The minimum Gasteiger partial charge on any atom is -0.367 e. The molecule has 1 aliphatic carbocycles. The standard InChI is InChI=1S/C21H23IN4O/c1-13(14(2)15-4-3-5-17(22)9-15)8-19-10-20(24-18-6-7-18)26-21(25-19)16(12-27)11-23-26/h3-5,9-14,18,24H,6-8H2,1-2H3. The maximum atomic E-state index is 11.4. The fourth-order valence-electron chi connectivity index (χ4n) is 3.38. The van der Waals surface area contributed by atoms with Crippen LogP contribution in [-0.2, 0) is 6.42 Å². The highest BCUT2D eigenvalue weighted by atomic mass is 127. The molecular weight excluding hydrogens is 451 g/mol. The topological polar surface area (TPSA) is 59.3 Å². The van der Waals surface area contributed by atoms with E-state index in [9.17, 15) is 4.79 Å². The molecule has 3 aromatic rings. The van der Waals surface area contributed by atoms with Crippen molar-refractivity contribution in [2.45, 2.75) is 45.1 Å². The monoisotopic (exact) mass is 474 g/mol. The van der Waals surface area contributed by atoms with Gasteiger partial charge in [-0.05, 0) is 71.4 Å². The smallest absolute Gasteiger partial charge is 0.168 e. The van der Waals surface area contributed by atoms with E-state index in [-0.39, 0.29) is 0 Å². The quantitative estimate of drug-likeness (QED) is 0.399. The molecule has 27 heavy (non-hydrogen) atoms. The van der Waals surface area contributed by atoms with E-state index in [2.05, 4.69) is 77.2 Å². The number of fused-ring (bicyclic) bond motifs is 1. The molecule has 1 aliphatic rings. The average molecular weight is 474 g/mol. The molecule has 0 radical (unpaired) electrons. The molecule has 2 aromatic heterocycles. The van der Waals surface area contributed by atoms with Gasteiger partial charge in [-0.2, -0.15) is 9.61 Å². The molecule has 0 bridgehead atoms. The molecule has 1 N–H and O–H groups in total. The van der Waals surface area contributed by atoms with E-state index in [1.54, 1.807) is 10.7 Å². The molecule has 4 rings (SSSR count). The van der Waals surface area contributed by atoms with E-state index in [0.29, 0.717) is 29.1 Å². The van der Waals surface area contributed by atoms with E-state index in [1.165, 1.54) is 22.0 Å². The number of carbonyl (C=O) groups is 1. The second-order valence-corrected chi connectivity index (χ2v) is 8.78. The summed E-state index contributed by atoms with van der Waals surface area (Å²) in [4.78, 5) is 16.1. The van der Waals surface area contributed by atoms with E-state index < -0.39 is 0 Å². The second kappa shape index (κ2) is 7.58. The number of aldehydes is 1. The van der Waals surface area contributed by atoms with Crippen molar-refractivity contribution in [2.75, 3.05) is 5.32 Å². The van der Waals surface area contributed by atoms with Crippen LogP contribution >= 0.6 is 22.6 Å². The summed E-state index contributed by atoms with van der Waals surface area (Å²) < 4.78 is 3.01. The highest BCUT2D eigenvalue weighted by Crippen LogP contribution is 2.30. The average Bonchev–Trinajstić information content (AvgIpc) is 3.37. The fourth-order valence-corrected chi connectivity index (χ4v) is 3.95. The Morgan fingerprint density at radius 2 is 2.15 bits per heavy atom. The van der Waals surface area contributed by atoms with Crippen LogP contribution in [0.5, 0.6) is 0 Å². The van der Waals surface area contributed by atoms with Crippen LogP contribution in [0.4, 0.5) is 5.82 Å². The zero-order valence-electron chi connectivity index (χ0n) is 15.5. The van der Waals surface area contributed by atoms with Gasteiger partial charge in [0.05, 0.1) is 11.8 Å². The molecule has 1 saturated carbocycles. The summed E-state index contributed by atoms with van der Waals surface area (Å²) in [6.07, 6.45) is 5.64. The molecule has 0 spiro atoms. The third kappa shape index (κ3) is 4.00. The number of nitrogens with zero attached hydrogens (tertiary/aromatic N) is 3. The summed E-state index contributed by atoms with van der Waals surface area (Å²) in [5.74, 6) is 1.78. The number of rotatable bonds is 7. The number of halogens is 1. The predicted molar refractivity (Wildman–Crippen MR) is 115 cm³/mol. The molecule has 1 aromatic carbocycles. The number of nitrogens with one attached hydrogen (secondary N) is 1. The number of hydrogen-bond donors (Lipinski definition) is 1. The Bertz CT molecular complexity index is 979. The van der Waals surface area contributed by atoms with Gasteiger partial charge in [-0.15, -0.1) is 0 Å². The van der Waals surface area contributed by atoms with Crippen molar-refractivity contribution in [1.29, 1.82) is 0 Å². The molecule has 5 nitrogen and oxygen atoms in total. The fraction of sp³-hybridized carbons (Fsp3) is 0.381. The first-order valence-electron chi connectivity index (χ1n) is 9.40. The Hall–Kier alpha value is -1.96. The zero-order chi connectivity index (χ0) is 19.0. The van der Waals surface area contributed by atoms with Gasteiger partial charge in [0.1, 0.15) is 5.82 Å². The Kier molecular flexibility index (Phi) is 5.16. The lowest BCUT2D eigenvalue weighted by Crippen LogP contribution is -2.13. The SMILES string of the molecule is CC(Cc1cc(NC2CC2)n2ncc(C=O)c2n1)C(C)c1cccc(I)c1. The zero-order valence-corrected chi connectivity index (χ0v) is 17.7. The number of aromatic nitrogens is 3. The van der Waals surface area contributed by atoms with E-state index in [0.717, 1.165) is 24.2 Å². The summed E-state index contributed by atoms with van der Waals surface area (Å²) in [6, 6.07) is 11.3. The summed E-state index contributed by atoms with van der Waals surface area (Å²) in [5, 5.41) is 7.86. The molecule has 140 valence electrons.